The Kier molecular flexibility index (Phi) is 2.91. The number of hydrogen-bond donors (Lipinski definition) is 1. The molecule has 0 aliphatic carbocycles. The first-order chi connectivity index (χ1) is 7.66. The Bertz CT molecular complexity index is 510. The van der Waals surface area contributed by atoms with Crippen molar-refractivity contribution in [2.75, 3.05) is 0 Å². The Morgan fingerprint density at radius 2 is 2.06 bits per heavy atom. The Balaban J connectivity index is 2.31. The molecule has 6 heteroatoms. The van der Waals surface area contributed by atoms with Gasteiger partial charge in [-0.3, -0.25) is 0 Å². The molecule has 0 spiro atoms. The lowest BCUT2D eigenvalue weighted by atomic mass is 10.4. The van der Waals surface area contributed by atoms with Gasteiger partial charge in [0.05, 0.1) is 0 Å². The standard InChI is InChI=1S/C10H9N3O2S/c1-7-11-9(13(14)15)10(12-7)16-8-5-3-2-4-6-8/h2-6H,1H3,(H,11,12). The summed E-state index contributed by atoms with van der Waals surface area (Å²) in [7, 11) is 0. The van der Waals surface area contributed by atoms with Crippen LogP contribution in [0.25, 0.3) is 0 Å². The van der Waals surface area contributed by atoms with Gasteiger partial charge in [0.1, 0.15) is 0 Å². The summed E-state index contributed by atoms with van der Waals surface area (Å²) < 4.78 is 0. The van der Waals surface area contributed by atoms with Crippen molar-refractivity contribution in [2.45, 2.75) is 16.8 Å². The van der Waals surface area contributed by atoms with Crippen LogP contribution in [-0.2, 0) is 0 Å². The number of aromatic amines is 1. The summed E-state index contributed by atoms with van der Waals surface area (Å²) in [6.07, 6.45) is 0. The molecule has 0 fully saturated rings. The van der Waals surface area contributed by atoms with Crippen LogP contribution in [0.2, 0.25) is 0 Å². The van der Waals surface area contributed by atoms with Gasteiger partial charge in [0.15, 0.2) is 10.9 Å². The average Bonchev–Trinajstić information content (AvgIpc) is 2.61. The van der Waals surface area contributed by atoms with Crippen molar-refractivity contribution in [3.63, 3.8) is 0 Å². The number of H-pyrrole nitrogens is 1. The zero-order valence-electron chi connectivity index (χ0n) is 8.51. The van der Waals surface area contributed by atoms with Crippen molar-refractivity contribution in [1.82, 2.24) is 9.97 Å². The Morgan fingerprint density at radius 1 is 1.38 bits per heavy atom. The van der Waals surface area contributed by atoms with Crippen molar-refractivity contribution in [3.8, 4) is 0 Å². The summed E-state index contributed by atoms with van der Waals surface area (Å²) in [5.41, 5.74) is 0. The molecular weight excluding hydrogens is 226 g/mol. The second kappa shape index (κ2) is 4.36. The summed E-state index contributed by atoms with van der Waals surface area (Å²) >= 11 is 1.28. The normalized spacial score (nSPS) is 10.3. The van der Waals surface area contributed by atoms with Gasteiger partial charge in [0.25, 0.3) is 0 Å². The molecule has 2 rings (SSSR count). The van der Waals surface area contributed by atoms with Crippen LogP contribution in [0.3, 0.4) is 0 Å². The molecule has 16 heavy (non-hydrogen) atoms. The van der Waals surface area contributed by atoms with E-state index in [0.29, 0.717) is 10.9 Å². The van der Waals surface area contributed by atoms with E-state index in [1.165, 1.54) is 11.8 Å². The van der Waals surface area contributed by atoms with E-state index in [1.807, 2.05) is 30.3 Å². The third-order valence-electron chi connectivity index (χ3n) is 1.91. The van der Waals surface area contributed by atoms with Crippen LogP contribution in [0.4, 0.5) is 5.82 Å². The second-order valence-corrected chi connectivity index (χ2v) is 4.21. The van der Waals surface area contributed by atoms with E-state index in [1.54, 1.807) is 6.92 Å². The molecule has 82 valence electrons. The maximum Gasteiger partial charge on any atom is 0.355 e. The van der Waals surface area contributed by atoms with E-state index in [0.717, 1.165) is 4.90 Å². The minimum Gasteiger partial charge on any atom is -0.358 e. The number of aryl methyl sites for hydroxylation is 1. The molecule has 1 aromatic carbocycles. The zero-order chi connectivity index (χ0) is 11.5. The minimum atomic E-state index is -0.453. The van der Waals surface area contributed by atoms with Gasteiger partial charge in [-0.2, -0.15) is 4.98 Å². The fraction of sp³-hybridized carbons (Fsp3) is 0.100. The van der Waals surface area contributed by atoms with Gasteiger partial charge < -0.3 is 10.1 Å². The zero-order valence-corrected chi connectivity index (χ0v) is 9.32. The first-order valence-corrected chi connectivity index (χ1v) is 5.42. The SMILES string of the molecule is Cc1nc(Sc2ccccc2)c([N+](=O)[O-])[nH]1. The van der Waals surface area contributed by atoms with Crippen molar-refractivity contribution < 1.29 is 4.92 Å². The van der Waals surface area contributed by atoms with Gasteiger partial charge in [0, 0.05) is 11.8 Å². The van der Waals surface area contributed by atoms with Crippen LogP contribution < -0.4 is 0 Å². The van der Waals surface area contributed by atoms with Gasteiger partial charge in [-0.05, 0) is 17.1 Å². The Labute approximate surface area is 96.1 Å². The predicted octanol–water partition coefficient (Wildman–Crippen LogP) is 2.78. The highest BCUT2D eigenvalue weighted by atomic mass is 32.2. The molecule has 0 aliphatic rings. The van der Waals surface area contributed by atoms with Crippen molar-refractivity contribution >= 4 is 17.6 Å². The van der Waals surface area contributed by atoms with Crippen LogP contribution in [0.15, 0.2) is 40.3 Å². The molecule has 2 aromatic rings. The number of nitrogens with zero attached hydrogens (tertiary/aromatic N) is 2. The molecule has 0 aliphatic heterocycles. The summed E-state index contributed by atoms with van der Waals surface area (Å²) in [5.74, 6) is 0.497. The molecule has 5 nitrogen and oxygen atoms in total. The second-order valence-electron chi connectivity index (χ2n) is 3.15. The highest BCUT2D eigenvalue weighted by molar-refractivity contribution is 7.99. The lowest BCUT2D eigenvalue weighted by molar-refractivity contribution is -0.392. The van der Waals surface area contributed by atoms with E-state index in [9.17, 15) is 10.1 Å². The number of nitro groups is 1. The average molecular weight is 235 g/mol. The Hall–Kier alpha value is -1.82. The fourth-order valence-corrected chi connectivity index (χ4v) is 2.17. The summed E-state index contributed by atoms with van der Waals surface area (Å²) in [6, 6.07) is 9.44. The largest absolute Gasteiger partial charge is 0.358 e. The molecular formula is C10H9N3O2S. The third kappa shape index (κ3) is 2.22. The molecule has 0 saturated carbocycles. The number of aromatic nitrogens is 2. The van der Waals surface area contributed by atoms with Gasteiger partial charge in [-0.1, -0.05) is 30.0 Å². The monoisotopic (exact) mass is 235 g/mol. The number of hydrogen-bond acceptors (Lipinski definition) is 4. The van der Waals surface area contributed by atoms with Crippen molar-refractivity contribution in [2.24, 2.45) is 0 Å². The quantitative estimate of drug-likeness (QED) is 0.655. The van der Waals surface area contributed by atoms with Crippen LogP contribution in [0.5, 0.6) is 0 Å². The van der Waals surface area contributed by atoms with E-state index < -0.39 is 4.92 Å². The summed E-state index contributed by atoms with van der Waals surface area (Å²) in [6.45, 7) is 1.70. The fourth-order valence-electron chi connectivity index (χ4n) is 1.25. The number of nitrogens with one attached hydrogen (secondary N) is 1. The molecule has 0 unspecified atom stereocenters. The summed E-state index contributed by atoms with van der Waals surface area (Å²) in [5, 5.41) is 11.1. The number of rotatable bonds is 3. The molecule has 1 aromatic heterocycles. The Morgan fingerprint density at radius 3 is 2.69 bits per heavy atom. The van der Waals surface area contributed by atoms with E-state index in [-0.39, 0.29) is 5.82 Å². The molecule has 0 amide bonds. The van der Waals surface area contributed by atoms with Crippen molar-refractivity contribution in [3.05, 3.63) is 46.3 Å². The van der Waals surface area contributed by atoms with Gasteiger partial charge >= 0.3 is 5.82 Å². The first kappa shape index (κ1) is 10.7. The molecule has 0 atom stereocenters. The lowest BCUT2D eigenvalue weighted by Gasteiger charge is -1.97. The van der Waals surface area contributed by atoms with Crippen LogP contribution in [0, 0.1) is 17.0 Å². The molecule has 1 N–H and O–H groups in total. The van der Waals surface area contributed by atoms with Crippen molar-refractivity contribution in [1.29, 1.82) is 0 Å². The minimum absolute atomic E-state index is 0.0497. The topological polar surface area (TPSA) is 71.8 Å². The smallest absolute Gasteiger partial charge is 0.355 e. The molecule has 0 radical (unpaired) electrons. The molecule has 0 saturated heterocycles. The number of imidazole rings is 1. The van der Waals surface area contributed by atoms with Gasteiger partial charge in [0.2, 0.25) is 0 Å². The van der Waals surface area contributed by atoms with E-state index in [4.69, 9.17) is 0 Å². The maximum atomic E-state index is 10.7. The highest BCUT2D eigenvalue weighted by Crippen LogP contribution is 2.32. The lowest BCUT2D eigenvalue weighted by Crippen LogP contribution is -1.89. The van der Waals surface area contributed by atoms with E-state index in [2.05, 4.69) is 9.97 Å². The number of benzene rings is 1. The van der Waals surface area contributed by atoms with E-state index >= 15 is 0 Å². The van der Waals surface area contributed by atoms with Gasteiger partial charge in [-0.15, -0.1) is 0 Å². The van der Waals surface area contributed by atoms with Crippen LogP contribution >= 0.6 is 11.8 Å². The third-order valence-corrected chi connectivity index (χ3v) is 2.90. The predicted molar refractivity (Wildman–Crippen MR) is 60.5 cm³/mol. The van der Waals surface area contributed by atoms with Gasteiger partial charge in [-0.25, -0.2) is 4.98 Å². The summed E-state index contributed by atoms with van der Waals surface area (Å²) in [4.78, 5) is 17.9. The maximum absolute atomic E-state index is 10.7. The molecule has 1 heterocycles. The first-order valence-electron chi connectivity index (χ1n) is 4.60. The van der Waals surface area contributed by atoms with Crippen LogP contribution in [0.1, 0.15) is 5.82 Å². The molecule has 0 bridgehead atoms. The highest BCUT2D eigenvalue weighted by Gasteiger charge is 2.18. The van der Waals surface area contributed by atoms with Crippen LogP contribution in [-0.4, -0.2) is 14.9 Å².